The minimum absolute atomic E-state index is 0. The Labute approximate surface area is 242 Å². The summed E-state index contributed by atoms with van der Waals surface area (Å²) in [7, 11) is 0. The van der Waals surface area contributed by atoms with Crippen molar-refractivity contribution in [2.75, 3.05) is 0 Å². The maximum absolute atomic E-state index is 2.99. The van der Waals surface area contributed by atoms with E-state index >= 15 is 0 Å². The summed E-state index contributed by atoms with van der Waals surface area (Å²) in [5.74, 6) is 0. The van der Waals surface area contributed by atoms with Gasteiger partial charge in [-0.3, -0.25) is 0 Å². The molecule has 0 spiro atoms. The van der Waals surface area contributed by atoms with Gasteiger partial charge in [-0.25, -0.2) is 0 Å². The van der Waals surface area contributed by atoms with Crippen LogP contribution < -0.4 is 0 Å². The van der Waals surface area contributed by atoms with Crippen LogP contribution >= 0.6 is 24.8 Å². The molecule has 0 nitrogen and oxygen atoms in total. The van der Waals surface area contributed by atoms with Gasteiger partial charge in [0.2, 0.25) is 0 Å². The van der Waals surface area contributed by atoms with Gasteiger partial charge in [0.1, 0.15) is 0 Å². The van der Waals surface area contributed by atoms with E-state index in [-0.39, 0.29) is 24.8 Å². The Bertz CT molecular complexity index is 1270. The molecule has 2 aliphatic carbocycles. The fourth-order valence-electron chi connectivity index (χ4n) is 7.08. The van der Waals surface area contributed by atoms with Gasteiger partial charge in [-0.05, 0) is 0 Å². The quantitative estimate of drug-likeness (QED) is 0.219. The molecule has 4 heteroatoms. The second kappa shape index (κ2) is 12.8. The van der Waals surface area contributed by atoms with Crippen LogP contribution in [0.2, 0.25) is 0 Å². The first-order chi connectivity index (χ1) is 17.0. The molecule has 0 fully saturated rings. The van der Waals surface area contributed by atoms with Crippen LogP contribution in [-0.2, 0) is 35.9 Å². The number of halogens is 2. The Morgan fingerprint density at radius 1 is 0.649 bits per heavy atom. The van der Waals surface area contributed by atoms with E-state index in [4.69, 9.17) is 0 Å². The summed E-state index contributed by atoms with van der Waals surface area (Å²) in [4.78, 5) is 0. The van der Waals surface area contributed by atoms with E-state index in [0.29, 0.717) is 7.25 Å². The minimum Gasteiger partial charge on any atom is -0.147 e. The smallest absolute Gasteiger partial charge is 0.147 e. The summed E-state index contributed by atoms with van der Waals surface area (Å²) in [6, 6.07) is 25.8. The van der Waals surface area contributed by atoms with E-state index in [9.17, 15) is 0 Å². The van der Waals surface area contributed by atoms with Crippen LogP contribution in [0, 0.1) is 0 Å². The molecule has 0 aliphatic heterocycles. The van der Waals surface area contributed by atoms with Crippen molar-refractivity contribution in [2.24, 2.45) is 0 Å². The molecule has 0 aromatic heterocycles. The van der Waals surface area contributed by atoms with Crippen molar-refractivity contribution < 1.29 is 18.9 Å². The topological polar surface area (TPSA) is 0 Å². The zero-order valence-corrected chi connectivity index (χ0v) is 28.2. The number of hydrogen-bond acceptors (Lipinski definition) is 0. The zero-order valence-electron chi connectivity index (χ0n) is 22.7. The first-order valence-electron chi connectivity index (χ1n) is 13.5. The van der Waals surface area contributed by atoms with Gasteiger partial charge in [0.15, 0.2) is 0 Å². The third-order valence-electron chi connectivity index (χ3n) is 8.30. The third-order valence-corrected chi connectivity index (χ3v) is 26.7. The number of hydrogen-bond donors (Lipinski definition) is 0. The average Bonchev–Trinajstić information content (AvgIpc) is 3.37. The normalized spacial score (nSPS) is 19.0. The van der Waals surface area contributed by atoms with Crippen LogP contribution in [0.5, 0.6) is 0 Å². The van der Waals surface area contributed by atoms with Gasteiger partial charge < -0.3 is 0 Å². The maximum atomic E-state index is 2.57. The van der Waals surface area contributed by atoms with Gasteiger partial charge in [-0.15, -0.1) is 24.8 Å². The van der Waals surface area contributed by atoms with Crippen LogP contribution in [0.25, 0.3) is 12.2 Å². The number of rotatable bonds is 8. The van der Waals surface area contributed by atoms with Gasteiger partial charge >= 0.3 is 219 Å². The molecule has 3 aromatic carbocycles. The molecule has 3 aromatic rings. The van der Waals surface area contributed by atoms with E-state index in [1.807, 2.05) is 0 Å². The SMILES string of the molecule is CCCc1cccc2c1C=C(C)[CH]2[Zr](=[SiH2])([CH2]c1ccccc1)[CH]1C(C)=Cc2c(CCC)cccc21.Cl.Cl. The number of fused-ring (bicyclic) bond motifs is 2. The van der Waals surface area contributed by atoms with Gasteiger partial charge in [0, 0.05) is 0 Å². The van der Waals surface area contributed by atoms with Crippen LogP contribution in [-0.4, -0.2) is 6.88 Å². The largest absolute Gasteiger partial charge is 0.147 e. The first-order valence-corrected chi connectivity index (χ1v) is 24.0. The molecule has 0 heterocycles. The predicted molar refractivity (Wildman–Crippen MR) is 167 cm³/mol. The van der Waals surface area contributed by atoms with Gasteiger partial charge in [-0.1, -0.05) is 0 Å². The molecule has 2 aliphatic rings. The standard InChI is InChI=1S/2C13H15.C7H7.2ClH.H2Si.Zr/c2*1-3-5-11-6-4-7-12-8-10(2)9-13(11)12;1-7-5-3-2-4-6-7;;;;/h2*4,6-9H,3,5H2,1-2H3;2-6H,1H2;2*1H;1H2;. The number of allylic oxidation sites excluding steroid dienone is 2. The fraction of sp³-hybridized carbons (Fsp3) is 0.333. The van der Waals surface area contributed by atoms with Crippen molar-refractivity contribution in [2.45, 2.75) is 64.8 Å². The van der Waals surface area contributed by atoms with Gasteiger partial charge in [0.05, 0.1) is 0 Å². The number of aryl methyl sites for hydroxylation is 2. The molecule has 5 rings (SSSR count). The van der Waals surface area contributed by atoms with Crippen molar-refractivity contribution >= 4 is 43.8 Å². The molecular weight excluding hydrogens is 587 g/mol. The summed E-state index contributed by atoms with van der Waals surface area (Å²) in [6.07, 6.45) is 9.91. The Morgan fingerprint density at radius 2 is 1.11 bits per heavy atom. The van der Waals surface area contributed by atoms with Crippen LogP contribution in [0.4, 0.5) is 0 Å². The summed E-state index contributed by atoms with van der Waals surface area (Å²) in [6.45, 7) is 12.0. The molecule has 0 radical (unpaired) electrons. The molecular formula is C33H41Cl2SiZr. The molecule has 0 amide bonds. The van der Waals surface area contributed by atoms with Crippen molar-refractivity contribution in [3.05, 3.63) is 117 Å². The molecule has 0 bridgehead atoms. The first kappa shape index (κ1) is 30.4. The second-order valence-electron chi connectivity index (χ2n) is 10.9. The van der Waals surface area contributed by atoms with Crippen LogP contribution in [0.15, 0.2) is 77.9 Å². The van der Waals surface area contributed by atoms with Crippen LogP contribution in [0.1, 0.15) is 86.7 Å². The predicted octanol–water partition coefficient (Wildman–Crippen LogP) is 8.95. The van der Waals surface area contributed by atoms with E-state index in [2.05, 4.69) is 113 Å². The molecule has 0 saturated heterocycles. The van der Waals surface area contributed by atoms with E-state index < -0.39 is 18.9 Å². The van der Waals surface area contributed by atoms with Gasteiger partial charge in [0.25, 0.3) is 0 Å². The molecule has 37 heavy (non-hydrogen) atoms. The monoisotopic (exact) mass is 625 g/mol. The molecule has 195 valence electrons. The average molecular weight is 628 g/mol. The van der Waals surface area contributed by atoms with Gasteiger partial charge in [-0.2, -0.15) is 0 Å². The van der Waals surface area contributed by atoms with Crippen LogP contribution in [0.3, 0.4) is 0 Å². The Hall–Kier alpha value is -1.18. The van der Waals surface area contributed by atoms with E-state index in [0.717, 1.165) is 0 Å². The Balaban J connectivity index is 0.00000190. The minimum atomic E-state index is -2.99. The Kier molecular flexibility index (Phi) is 10.5. The zero-order chi connectivity index (χ0) is 24.6. The van der Waals surface area contributed by atoms with Crippen molar-refractivity contribution in [1.29, 1.82) is 0 Å². The summed E-state index contributed by atoms with van der Waals surface area (Å²) < 4.78 is 2.54. The molecule has 2 atom stereocenters. The summed E-state index contributed by atoms with van der Waals surface area (Å²) in [5.41, 5.74) is 14.3. The third kappa shape index (κ3) is 5.60. The fourth-order valence-corrected chi connectivity index (χ4v) is 28.6. The van der Waals surface area contributed by atoms with Crippen molar-refractivity contribution in [3.63, 3.8) is 0 Å². The number of benzene rings is 3. The summed E-state index contributed by atoms with van der Waals surface area (Å²) >= 11 is -2.99. The van der Waals surface area contributed by atoms with E-state index in [1.54, 1.807) is 44.5 Å². The van der Waals surface area contributed by atoms with Crippen molar-refractivity contribution in [1.82, 2.24) is 0 Å². The molecule has 0 saturated carbocycles. The maximum Gasteiger partial charge on any atom is -0.147 e. The molecule has 2 unspecified atom stereocenters. The van der Waals surface area contributed by atoms with E-state index in [1.165, 1.54) is 35.4 Å². The summed E-state index contributed by atoms with van der Waals surface area (Å²) in [5, 5.41) is 0. The van der Waals surface area contributed by atoms with Crippen molar-refractivity contribution in [3.8, 4) is 0 Å². The second-order valence-corrected chi connectivity index (χ2v) is 28.4. The molecule has 0 N–H and O–H groups in total. The Morgan fingerprint density at radius 3 is 1.54 bits per heavy atom.